The maximum atomic E-state index is 13.0. The molecule has 1 aromatic carbocycles. The highest BCUT2D eigenvalue weighted by Gasteiger charge is 2.06. The summed E-state index contributed by atoms with van der Waals surface area (Å²) >= 11 is 9.04. The number of benzene rings is 1. The Hall–Kier alpha value is -1.20. The molecule has 18 heavy (non-hydrogen) atoms. The maximum absolute atomic E-state index is 13.0. The van der Waals surface area contributed by atoms with Crippen molar-refractivity contribution in [1.29, 1.82) is 0 Å². The van der Waals surface area contributed by atoms with Gasteiger partial charge in [0.05, 0.1) is 0 Å². The summed E-state index contributed by atoms with van der Waals surface area (Å²) in [5, 5.41) is 0.190. The first-order valence-electron chi connectivity index (χ1n) is 4.93. The SMILES string of the molecule is Fc1cc(F)cc(COc2cc(Br)cnc2Cl)c1. The van der Waals surface area contributed by atoms with Crippen molar-refractivity contribution in [1.82, 2.24) is 4.98 Å². The molecule has 0 unspecified atom stereocenters. The highest BCUT2D eigenvalue weighted by Crippen LogP contribution is 2.26. The van der Waals surface area contributed by atoms with E-state index >= 15 is 0 Å². The van der Waals surface area contributed by atoms with Crippen LogP contribution >= 0.6 is 27.5 Å². The van der Waals surface area contributed by atoms with Crippen LogP contribution in [0.5, 0.6) is 5.75 Å². The lowest BCUT2D eigenvalue weighted by Gasteiger charge is -2.08. The first-order valence-corrected chi connectivity index (χ1v) is 6.10. The van der Waals surface area contributed by atoms with Gasteiger partial charge in [-0.2, -0.15) is 0 Å². The van der Waals surface area contributed by atoms with Crippen LogP contribution in [0.1, 0.15) is 5.56 Å². The van der Waals surface area contributed by atoms with E-state index in [2.05, 4.69) is 20.9 Å². The number of nitrogens with zero attached hydrogens (tertiary/aromatic N) is 1. The Balaban J connectivity index is 2.13. The molecule has 0 atom stereocenters. The second-order valence-corrected chi connectivity index (χ2v) is 4.78. The van der Waals surface area contributed by atoms with Gasteiger partial charge in [-0.3, -0.25) is 0 Å². The van der Waals surface area contributed by atoms with Crippen molar-refractivity contribution in [2.24, 2.45) is 0 Å². The van der Waals surface area contributed by atoms with Gasteiger partial charge in [-0.15, -0.1) is 0 Å². The lowest BCUT2D eigenvalue weighted by molar-refractivity contribution is 0.303. The van der Waals surface area contributed by atoms with E-state index in [1.165, 1.54) is 18.3 Å². The molecule has 0 radical (unpaired) electrons. The molecule has 6 heteroatoms. The van der Waals surface area contributed by atoms with Gasteiger partial charge in [0.1, 0.15) is 18.2 Å². The molecule has 0 saturated carbocycles. The standard InChI is InChI=1S/C12H7BrClF2NO/c13-8-3-11(12(14)17-5-8)18-6-7-1-9(15)4-10(16)2-7/h1-5H,6H2. The van der Waals surface area contributed by atoms with Gasteiger partial charge in [0.25, 0.3) is 0 Å². The quantitative estimate of drug-likeness (QED) is 0.778. The monoisotopic (exact) mass is 333 g/mol. The van der Waals surface area contributed by atoms with Crippen LogP contribution in [0.2, 0.25) is 5.15 Å². The molecule has 0 aliphatic heterocycles. The maximum Gasteiger partial charge on any atom is 0.171 e. The molecule has 0 aliphatic rings. The lowest BCUT2D eigenvalue weighted by atomic mass is 10.2. The summed E-state index contributed by atoms with van der Waals surface area (Å²) in [6.45, 7) is 0.00648. The third kappa shape index (κ3) is 3.40. The molecule has 0 fully saturated rings. The Kier molecular flexibility index (Phi) is 4.14. The zero-order chi connectivity index (χ0) is 13.1. The lowest BCUT2D eigenvalue weighted by Crippen LogP contribution is -1.98. The van der Waals surface area contributed by atoms with Gasteiger partial charge in [-0.05, 0) is 39.7 Å². The first kappa shape index (κ1) is 13.2. The van der Waals surface area contributed by atoms with Gasteiger partial charge in [-0.1, -0.05) is 11.6 Å². The molecular formula is C12H7BrClF2NO. The van der Waals surface area contributed by atoms with E-state index in [-0.39, 0.29) is 11.8 Å². The molecule has 1 aromatic heterocycles. The number of halogens is 4. The van der Waals surface area contributed by atoms with Crippen molar-refractivity contribution in [2.75, 3.05) is 0 Å². The van der Waals surface area contributed by atoms with E-state index in [9.17, 15) is 8.78 Å². The molecule has 0 spiro atoms. The van der Waals surface area contributed by atoms with Crippen LogP contribution in [0.3, 0.4) is 0 Å². The molecule has 0 saturated heterocycles. The van der Waals surface area contributed by atoms with Crippen molar-refractivity contribution in [3.05, 3.63) is 57.3 Å². The molecule has 1 heterocycles. The summed E-state index contributed by atoms with van der Waals surface area (Å²) in [6, 6.07) is 4.83. The summed E-state index contributed by atoms with van der Waals surface area (Å²) in [6.07, 6.45) is 1.52. The van der Waals surface area contributed by atoms with Crippen LogP contribution in [0.4, 0.5) is 8.78 Å². The van der Waals surface area contributed by atoms with Crippen LogP contribution < -0.4 is 4.74 Å². The highest BCUT2D eigenvalue weighted by molar-refractivity contribution is 9.10. The summed E-state index contributed by atoms with van der Waals surface area (Å²) in [7, 11) is 0. The first-order chi connectivity index (χ1) is 8.54. The Morgan fingerprint density at radius 1 is 1.17 bits per heavy atom. The van der Waals surface area contributed by atoms with E-state index in [0.29, 0.717) is 15.8 Å². The summed E-state index contributed by atoms with van der Waals surface area (Å²) in [4.78, 5) is 3.87. The minimum Gasteiger partial charge on any atom is -0.486 e. The topological polar surface area (TPSA) is 22.1 Å². The normalized spacial score (nSPS) is 10.4. The zero-order valence-corrected chi connectivity index (χ0v) is 11.3. The second kappa shape index (κ2) is 5.63. The Morgan fingerprint density at radius 2 is 1.83 bits per heavy atom. The van der Waals surface area contributed by atoms with Crippen molar-refractivity contribution in [3.63, 3.8) is 0 Å². The van der Waals surface area contributed by atoms with Crippen LogP contribution in [-0.4, -0.2) is 4.98 Å². The fourth-order valence-electron chi connectivity index (χ4n) is 1.36. The average Bonchev–Trinajstić information content (AvgIpc) is 2.29. The van der Waals surface area contributed by atoms with Crippen molar-refractivity contribution in [2.45, 2.75) is 6.61 Å². The van der Waals surface area contributed by atoms with E-state index in [4.69, 9.17) is 16.3 Å². The number of ether oxygens (including phenoxy) is 1. The van der Waals surface area contributed by atoms with Crippen molar-refractivity contribution in [3.8, 4) is 5.75 Å². The summed E-state index contributed by atoms with van der Waals surface area (Å²) in [5.74, 6) is -0.949. The van der Waals surface area contributed by atoms with Crippen LogP contribution in [-0.2, 0) is 6.61 Å². The van der Waals surface area contributed by atoms with Gasteiger partial charge in [-0.25, -0.2) is 13.8 Å². The molecule has 2 nitrogen and oxygen atoms in total. The minimum atomic E-state index is -0.646. The number of rotatable bonds is 3. The Morgan fingerprint density at radius 3 is 2.50 bits per heavy atom. The van der Waals surface area contributed by atoms with Gasteiger partial charge < -0.3 is 4.74 Å². The fourth-order valence-corrected chi connectivity index (χ4v) is 1.83. The number of pyridine rings is 1. The molecule has 94 valence electrons. The minimum absolute atomic E-state index is 0.00648. The molecular weight excluding hydrogens is 327 g/mol. The highest BCUT2D eigenvalue weighted by atomic mass is 79.9. The zero-order valence-electron chi connectivity index (χ0n) is 8.96. The van der Waals surface area contributed by atoms with E-state index in [1.807, 2.05) is 0 Å². The van der Waals surface area contributed by atoms with Crippen LogP contribution in [0, 0.1) is 11.6 Å². The van der Waals surface area contributed by atoms with Crippen molar-refractivity contribution >= 4 is 27.5 Å². The third-order valence-corrected chi connectivity index (χ3v) is 2.81. The number of hydrogen-bond acceptors (Lipinski definition) is 2. The molecule has 2 rings (SSSR count). The molecule has 0 amide bonds. The van der Waals surface area contributed by atoms with E-state index in [0.717, 1.165) is 6.07 Å². The number of hydrogen-bond donors (Lipinski definition) is 0. The van der Waals surface area contributed by atoms with Gasteiger partial charge in [0.15, 0.2) is 10.9 Å². The molecule has 0 bridgehead atoms. The smallest absolute Gasteiger partial charge is 0.171 e. The van der Waals surface area contributed by atoms with E-state index < -0.39 is 11.6 Å². The van der Waals surface area contributed by atoms with Crippen LogP contribution in [0.25, 0.3) is 0 Å². The average molecular weight is 335 g/mol. The Bertz CT molecular complexity index is 560. The molecule has 0 aliphatic carbocycles. The predicted molar refractivity (Wildman–Crippen MR) is 67.6 cm³/mol. The van der Waals surface area contributed by atoms with Gasteiger partial charge >= 0.3 is 0 Å². The molecule has 2 aromatic rings. The third-order valence-electron chi connectivity index (χ3n) is 2.09. The largest absolute Gasteiger partial charge is 0.486 e. The Labute approximate surface area is 116 Å². The van der Waals surface area contributed by atoms with Gasteiger partial charge in [0, 0.05) is 16.7 Å². The molecule has 0 N–H and O–H groups in total. The van der Waals surface area contributed by atoms with Gasteiger partial charge in [0.2, 0.25) is 0 Å². The number of aromatic nitrogens is 1. The fraction of sp³-hybridized carbons (Fsp3) is 0.0833. The summed E-state index contributed by atoms with van der Waals surface area (Å²) in [5.41, 5.74) is 0.378. The second-order valence-electron chi connectivity index (χ2n) is 3.51. The van der Waals surface area contributed by atoms with E-state index in [1.54, 1.807) is 6.07 Å². The summed E-state index contributed by atoms with van der Waals surface area (Å²) < 4.78 is 32.0. The predicted octanol–water partition coefficient (Wildman–Crippen LogP) is 4.35. The van der Waals surface area contributed by atoms with Crippen LogP contribution in [0.15, 0.2) is 34.9 Å². The van der Waals surface area contributed by atoms with Crippen molar-refractivity contribution < 1.29 is 13.5 Å².